The number of aliphatic hydroxyl groups excluding tert-OH is 1. The Kier molecular flexibility index (Phi) is 7.03. The molecule has 128 valence electrons. The number of nitrogens with zero attached hydrogens (tertiary/aromatic N) is 2. The summed E-state index contributed by atoms with van der Waals surface area (Å²) in [5.74, 6) is -0.00307. The first-order valence-corrected chi connectivity index (χ1v) is 9.36. The maximum absolute atomic E-state index is 12.5. The fraction of sp³-hybridized carbons (Fsp3) is 0.562. The Morgan fingerprint density at radius 2 is 1.83 bits per heavy atom. The molecule has 0 bridgehead atoms. The minimum absolute atomic E-state index is 0.00307. The monoisotopic (exact) mass is 447 g/mol. The largest absolute Gasteiger partial charge is 0.395 e. The highest BCUT2D eigenvalue weighted by Crippen LogP contribution is 2.26. The molecule has 23 heavy (non-hydrogen) atoms. The van der Waals surface area contributed by atoms with Crippen LogP contribution in [0.3, 0.4) is 0 Å². The van der Waals surface area contributed by atoms with Gasteiger partial charge in [-0.05, 0) is 48.0 Å². The molecule has 1 heterocycles. The molecule has 0 saturated carbocycles. The number of rotatable bonds is 5. The minimum Gasteiger partial charge on any atom is -0.395 e. The van der Waals surface area contributed by atoms with Crippen LogP contribution >= 0.6 is 31.9 Å². The van der Waals surface area contributed by atoms with E-state index in [9.17, 15) is 9.90 Å². The van der Waals surface area contributed by atoms with Gasteiger partial charge in [0.1, 0.15) is 0 Å². The molecule has 0 spiro atoms. The summed E-state index contributed by atoms with van der Waals surface area (Å²) in [5.41, 5.74) is 0.776. The lowest BCUT2D eigenvalue weighted by Crippen LogP contribution is -2.55. The van der Waals surface area contributed by atoms with Gasteiger partial charge in [-0.3, -0.25) is 14.6 Å². The molecule has 0 unspecified atom stereocenters. The fourth-order valence-corrected chi connectivity index (χ4v) is 3.82. The SMILES string of the molecule is C[C@@H](CO)N1CCN([C@@H](C)C(=O)Nc2ccc(Br)cc2Br)CC1. The molecular weight excluding hydrogens is 426 g/mol. The third-order valence-electron chi connectivity index (χ3n) is 4.35. The van der Waals surface area contributed by atoms with Crippen molar-refractivity contribution in [2.75, 3.05) is 38.1 Å². The highest BCUT2D eigenvalue weighted by molar-refractivity contribution is 9.11. The molecule has 5 nitrogen and oxygen atoms in total. The predicted octanol–water partition coefficient (Wildman–Crippen LogP) is 2.54. The average Bonchev–Trinajstić information content (AvgIpc) is 2.56. The number of halogens is 2. The second-order valence-electron chi connectivity index (χ2n) is 5.89. The van der Waals surface area contributed by atoms with Gasteiger partial charge in [-0.25, -0.2) is 0 Å². The van der Waals surface area contributed by atoms with Gasteiger partial charge < -0.3 is 10.4 Å². The van der Waals surface area contributed by atoms with Crippen LogP contribution in [-0.4, -0.2) is 65.7 Å². The van der Waals surface area contributed by atoms with Crippen LogP contribution in [0.1, 0.15) is 13.8 Å². The molecule has 0 aliphatic carbocycles. The highest BCUT2D eigenvalue weighted by atomic mass is 79.9. The summed E-state index contributed by atoms with van der Waals surface area (Å²) < 4.78 is 1.82. The lowest BCUT2D eigenvalue weighted by Gasteiger charge is -2.39. The van der Waals surface area contributed by atoms with Crippen LogP contribution in [0.25, 0.3) is 0 Å². The molecule has 2 rings (SSSR count). The van der Waals surface area contributed by atoms with E-state index in [4.69, 9.17) is 0 Å². The smallest absolute Gasteiger partial charge is 0.241 e. The van der Waals surface area contributed by atoms with Crippen molar-refractivity contribution in [2.45, 2.75) is 25.9 Å². The van der Waals surface area contributed by atoms with Crippen LogP contribution in [0.5, 0.6) is 0 Å². The molecule has 1 aromatic rings. The van der Waals surface area contributed by atoms with E-state index < -0.39 is 0 Å². The predicted molar refractivity (Wildman–Crippen MR) is 99.6 cm³/mol. The van der Waals surface area contributed by atoms with Gasteiger partial charge in [0.05, 0.1) is 18.3 Å². The number of hydrogen-bond donors (Lipinski definition) is 2. The summed E-state index contributed by atoms with van der Waals surface area (Å²) in [6.45, 7) is 7.56. The number of hydrogen-bond acceptors (Lipinski definition) is 4. The Bertz CT molecular complexity index is 548. The summed E-state index contributed by atoms with van der Waals surface area (Å²) in [4.78, 5) is 16.9. The maximum atomic E-state index is 12.5. The summed E-state index contributed by atoms with van der Waals surface area (Å²) in [6, 6.07) is 5.69. The van der Waals surface area contributed by atoms with Gasteiger partial charge in [-0.2, -0.15) is 0 Å². The van der Waals surface area contributed by atoms with E-state index in [1.54, 1.807) is 0 Å². The number of nitrogens with one attached hydrogen (secondary N) is 1. The highest BCUT2D eigenvalue weighted by Gasteiger charge is 2.27. The molecule has 1 fully saturated rings. The number of benzene rings is 1. The Morgan fingerprint density at radius 3 is 2.39 bits per heavy atom. The number of amides is 1. The summed E-state index contributed by atoms with van der Waals surface area (Å²) >= 11 is 6.87. The Balaban J connectivity index is 1.90. The quantitative estimate of drug-likeness (QED) is 0.726. The van der Waals surface area contributed by atoms with Gasteiger partial charge in [-0.1, -0.05) is 15.9 Å². The van der Waals surface area contributed by atoms with E-state index in [0.717, 1.165) is 40.8 Å². The lowest BCUT2D eigenvalue weighted by molar-refractivity contribution is -0.121. The fourth-order valence-electron chi connectivity index (χ4n) is 2.67. The molecule has 1 aliphatic heterocycles. The molecule has 1 amide bonds. The van der Waals surface area contributed by atoms with Crippen molar-refractivity contribution >= 4 is 43.5 Å². The van der Waals surface area contributed by atoms with Crippen molar-refractivity contribution in [2.24, 2.45) is 0 Å². The summed E-state index contributed by atoms with van der Waals surface area (Å²) in [6.07, 6.45) is 0. The molecule has 7 heteroatoms. The Morgan fingerprint density at radius 1 is 1.22 bits per heavy atom. The first-order valence-electron chi connectivity index (χ1n) is 7.77. The van der Waals surface area contributed by atoms with E-state index in [2.05, 4.69) is 47.0 Å². The molecule has 1 aliphatic rings. The number of carbonyl (C=O) groups excluding carboxylic acids is 1. The van der Waals surface area contributed by atoms with E-state index in [1.807, 2.05) is 32.0 Å². The zero-order valence-electron chi connectivity index (χ0n) is 13.4. The van der Waals surface area contributed by atoms with Gasteiger partial charge in [-0.15, -0.1) is 0 Å². The van der Waals surface area contributed by atoms with E-state index in [-0.39, 0.29) is 24.6 Å². The standard InChI is InChI=1S/C16H23Br2N3O2/c1-11(10-22)20-5-7-21(8-6-20)12(2)16(23)19-15-4-3-13(17)9-14(15)18/h3-4,9,11-12,22H,5-8,10H2,1-2H3,(H,19,23)/t11-,12-/m0/s1. The zero-order chi connectivity index (χ0) is 17.0. The zero-order valence-corrected chi connectivity index (χ0v) is 16.6. The number of anilines is 1. The van der Waals surface area contributed by atoms with Gasteiger partial charge in [0.25, 0.3) is 0 Å². The van der Waals surface area contributed by atoms with Crippen molar-refractivity contribution in [1.29, 1.82) is 0 Å². The average molecular weight is 449 g/mol. The summed E-state index contributed by atoms with van der Waals surface area (Å²) in [7, 11) is 0. The number of carbonyl (C=O) groups is 1. The van der Waals surface area contributed by atoms with Crippen LogP contribution < -0.4 is 5.32 Å². The lowest BCUT2D eigenvalue weighted by atomic mass is 10.2. The molecular formula is C16H23Br2N3O2. The van der Waals surface area contributed by atoms with E-state index >= 15 is 0 Å². The maximum Gasteiger partial charge on any atom is 0.241 e. The van der Waals surface area contributed by atoms with E-state index in [0.29, 0.717) is 0 Å². The normalized spacial score (nSPS) is 19.3. The van der Waals surface area contributed by atoms with Crippen LogP contribution in [-0.2, 0) is 4.79 Å². The topological polar surface area (TPSA) is 55.8 Å². The molecule has 1 saturated heterocycles. The van der Waals surface area contributed by atoms with Crippen molar-refractivity contribution in [1.82, 2.24) is 9.80 Å². The first-order chi connectivity index (χ1) is 10.9. The second-order valence-corrected chi connectivity index (χ2v) is 7.66. The first kappa shape index (κ1) is 18.9. The van der Waals surface area contributed by atoms with Crippen LogP contribution in [0, 0.1) is 0 Å². The van der Waals surface area contributed by atoms with Crippen molar-refractivity contribution in [3.8, 4) is 0 Å². The van der Waals surface area contributed by atoms with Crippen LogP contribution in [0.4, 0.5) is 5.69 Å². The van der Waals surface area contributed by atoms with Crippen molar-refractivity contribution in [3.05, 3.63) is 27.1 Å². The number of aliphatic hydroxyl groups is 1. The van der Waals surface area contributed by atoms with Gasteiger partial charge >= 0.3 is 0 Å². The van der Waals surface area contributed by atoms with Gasteiger partial charge in [0, 0.05) is 41.2 Å². The van der Waals surface area contributed by atoms with Crippen LogP contribution in [0.2, 0.25) is 0 Å². The molecule has 2 N–H and O–H groups in total. The number of piperazine rings is 1. The second kappa shape index (κ2) is 8.58. The third-order valence-corrected chi connectivity index (χ3v) is 5.50. The Hall–Kier alpha value is -0.470. The van der Waals surface area contributed by atoms with Crippen molar-refractivity contribution < 1.29 is 9.90 Å². The van der Waals surface area contributed by atoms with E-state index in [1.165, 1.54) is 0 Å². The van der Waals surface area contributed by atoms with Gasteiger partial charge in [0.15, 0.2) is 0 Å². The van der Waals surface area contributed by atoms with Crippen LogP contribution in [0.15, 0.2) is 27.1 Å². The minimum atomic E-state index is -0.183. The molecule has 0 aromatic heterocycles. The molecule has 0 radical (unpaired) electrons. The summed E-state index contributed by atoms with van der Waals surface area (Å²) in [5, 5.41) is 12.2. The molecule has 2 atom stereocenters. The Labute approximate surface area is 154 Å². The third kappa shape index (κ3) is 5.00. The molecule has 1 aromatic carbocycles. The van der Waals surface area contributed by atoms with Crippen molar-refractivity contribution in [3.63, 3.8) is 0 Å². The van der Waals surface area contributed by atoms with Gasteiger partial charge in [0.2, 0.25) is 5.91 Å².